The van der Waals surface area contributed by atoms with Crippen molar-refractivity contribution < 1.29 is 19.3 Å². The minimum absolute atomic E-state index is 0. The number of hydrogen-bond donors (Lipinski definition) is 4. The highest BCUT2D eigenvalue weighted by atomic mass is 35.5. The molecule has 0 radical (unpaired) electrons. The van der Waals surface area contributed by atoms with E-state index in [-0.39, 0.29) is 29.9 Å². The van der Waals surface area contributed by atoms with E-state index < -0.39 is 0 Å². The van der Waals surface area contributed by atoms with E-state index in [1.54, 1.807) is 0 Å². The predicted molar refractivity (Wildman–Crippen MR) is 159 cm³/mol. The first-order valence-electron chi connectivity index (χ1n) is 13.1. The van der Waals surface area contributed by atoms with Crippen LogP contribution in [0.3, 0.4) is 0 Å². The van der Waals surface area contributed by atoms with Gasteiger partial charge in [0, 0.05) is 23.6 Å². The van der Waals surface area contributed by atoms with Gasteiger partial charge in [-0.25, -0.2) is 0 Å². The summed E-state index contributed by atoms with van der Waals surface area (Å²) in [6.45, 7) is 11.3. The zero-order valence-electron chi connectivity index (χ0n) is 23.4. The smallest absolute Gasteiger partial charge is 0.190 e. The minimum atomic E-state index is -0.306. The van der Waals surface area contributed by atoms with Gasteiger partial charge in [0.05, 0.1) is 13.2 Å². The molecule has 7 nitrogen and oxygen atoms in total. The van der Waals surface area contributed by atoms with Gasteiger partial charge in [-0.1, -0.05) is 19.1 Å². The van der Waals surface area contributed by atoms with E-state index in [9.17, 15) is 5.11 Å². The Labute approximate surface area is 237 Å². The highest BCUT2D eigenvalue weighted by Crippen LogP contribution is 2.44. The summed E-state index contributed by atoms with van der Waals surface area (Å²) in [5.74, 6) is 3.04. The molecule has 3 aromatic rings. The molecule has 0 amide bonds. The van der Waals surface area contributed by atoms with Gasteiger partial charge in [-0.15, -0.1) is 12.4 Å². The van der Waals surface area contributed by atoms with Gasteiger partial charge < -0.3 is 30.4 Å². The monoisotopic (exact) mass is 553 g/mol. The number of phenols is 1. The summed E-state index contributed by atoms with van der Waals surface area (Å²) in [7, 11) is 0. The molecule has 0 saturated carbocycles. The summed E-state index contributed by atoms with van der Waals surface area (Å²) in [5, 5.41) is 20.5. The first-order valence-corrected chi connectivity index (χ1v) is 13.1. The van der Waals surface area contributed by atoms with Gasteiger partial charge in [0.2, 0.25) is 0 Å². The van der Waals surface area contributed by atoms with Gasteiger partial charge in [0.15, 0.2) is 5.96 Å². The zero-order valence-corrected chi connectivity index (χ0v) is 24.2. The minimum Gasteiger partial charge on any atom is -0.507 e. The molecule has 5 N–H and O–H groups in total. The Balaban J connectivity index is 0.00000420. The van der Waals surface area contributed by atoms with Crippen LogP contribution in [0, 0.1) is 26.2 Å². The molecule has 1 aliphatic rings. The van der Waals surface area contributed by atoms with Gasteiger partial charge in [0.1, 0.15) is 28.6 Å². The molecular formula is C31H40ClN3O4. The van der Waals surface area contributed by atoms with Crippen LogP contribution in [0.1, 0.15) is 60.4 Å². The number of rotatable bonds is 9. The SMILES string of the molecule is Cc1c(C)c2c(c(C)c1O)CCC(C)(CCOc1ccc(C(C)COc3ccc(NC(=N)N)cc3)cc1)O2.Cl. The third-order valence-electron chi connectivity index (χ3n) is 7.57. The van der Waals surface area contributed by atoms with Crippen LogP contribution in [0.2, 0.25) is 0 Å². The molecule has 0 aliphatic carbocycles. The quantitative estimate of drug-likeness (QED) is 0.172. The molecule has 0 fully saturated rings. The molecule has 2 atom stereocenters. The Morgan fingerprint density at radius 1 is 1.03 bits per heavy atom. The average molecular weight is 554 g/mol. The molecule has 0 aromatic heterocycles. The molecule has 0 spiro atoms. The number of benzene rings is 3. The lowest BCUT2D eigenvalue weighted by molar-refractivity contribution is 0.0411. The maximum absolute atomic E-state index is 10.4. The number of ether oxygens (including phenoxy) is 3. The van der Waals surface area contributed by atoms with E-state index in [1.165, 1.54) is 5.56 Å². The van der Waals surface area contributed by atoms with Crippen LogP contribution in [-0.4, -0.2) is 29.9 Å². The number of nitrogens with one attached hydrogen (secondary N) is 2. The van der Waals surface area contributed by atoms with Crippen LogP contribution in [0.5, 0.6) is 23.0 Å². The van der Waals surface area contributed by atoms with Crippen molar-refractivity contribution in [1.82, 2.24) is 0 Å². The van der Waals surface area contributed by atoms with Crippen LogP contribution >= 0.6 is 12.4 Å². The van der Waals surface area contributed by atoms with E-state index in [0.717, 1.165) is 64.5 Å². The summed E-state index contributed by atoms with van der Waals surface area (Å²) in [6, 6.07) is 15.6. The molecular weight excluding hydrogens is 514 g/mol. The summed E-state index contributed by atoms with van der Waals surface area (Å²) in [5.41, 5.74) is 10.9. The Kier molecular flexibility index (Phi) is 9.62. The Bertz CT molecular complexity index is 1290. The number of aromatic hydroxyl groups is 1. The third-order valence-corrected chi connectivity index (χ3v) is 7.57. The molecule has 4 rings (SSSR count). The van der Waals surface area contributed by atoms with Crippen LogP contribution in [0.25, 0.3) is 0 Å². The Morgan fingerprint density at radius 3 is 2.28 bits per heavy atom. The van der Waals surface area contributed by atoms with Crippen LogP contribution in [-0.2, 0) is 6.42 Å². The van der Waals surface area contributed by atoms with Gasteiger partial charge in [-0.2, -0.15) is 0 Å². The van der Waals surface area contributed by atoms with E-state index in [1.807, 2.05) is 57.2 Å². The average Bonchev–Trinajstić information content (AvgIpc) is 2.90. The fourth-order valence-electron chi connectivity index (χ4n) is 4.86. The van der Waals surface area contributed by atoms with Crippen molar-refractivity contribution >= 4 is 24.1 Å². The molecule has 0 saturated heterocycles. The number of nitrogens with two attached hydrogens (primary N) is 1. The third kappa shape index (κ3) is 7.09. The lowest BCUT2D eigenvalue weighted by atomic mass is 9.86. The fourth-order valence-corrected chi connectivity index (χ4v) is 4.86. The van der Waals surface area contributed by atoms with E-state index in [0.29, 0.717) is 19.0 Å². The summed E-state index contributed by atoms with van der Waals surface area (Å²) in [4.78, 5) is 0. The molecule has 1 aliphatic heterocycles. The second-order valence-electron chi connectivity index (χ2n) is 10.5. The standard InChI is InChI=1S/C31H39N3O4.ClH/c1-19(18-37-26-12-8-24(9-13-26)34-30(32)33)23-6-10-25(11-7-23)36-17-16-31(5)15-14-27-22(4)28(35)20(2)21(3)29(27)38-31;/h6-13,19,35H,14-18H2,1-5H3,(H4,32,33,34);1H. The summed E-state index contributed by atoms with van der Waals surface area (Å²) >= 11 is 0. The molecule has 39 heavy (non-hydrogen) atoms. The van der Waals surface area contributed by atoms with Crippen LogP contribution in [0.15, 0.2) is 48.5 Å². The lowest BCUT2D eigenvalue weighted by Gasteiger charge is -2.38. The van der Waals surface area contributed by atoms with Crippen molar-refractivity contribution in [3.8, 4) is 23.0 Å². The highest BCUT2D eigenvalue weighted by Gasteiger charge is 2.34. The topological polar surface area (TPSA) is 110 Å². The van der Waals surface area contributed by atoms with Gasteiger partial charge in [0.25, 0.3) is 0 Å². The number of anilines is 1. The number of fused-ring (bicyclic) bond motifs is 1. The van der Waals surface area contributed by atoms with Crippen LogP contribution < -0.4 is 25.3 Å². The summed E-state index contributed by atoms with van der Waals surface area (Å²) < 4.78 is 18.5. The molecule has 3 aromatic carbocycles. The van der Waals surface area contributed by atoms with E-state index in [4.69, 9.17) is 25.4 Å². The summed E-state index contributed by atoms with van der Waals surface area (Å²) in [6.07, 6.45) is 2.55. The maximum Gasteiger partial charge on any atom is 0.190 e. The molecule has 210 valence electrons. The van der Waals surface area contributed by atoms with Gasteiger partial charge >= 0.3 is 0 Å². The molecule has 2 unspecified atom stereocenters. The Morgan fingerprint density at radius 2 is 1.64 bits per heavy atom. The van der Waals surface area contributed by atoms with Crippen molar-refractivity contribution in [2.45, 2.75) is 65.4 Å². The van der Waals surface area contributed by atoms with Crippen molar-refractivity contribution in [2.75, 3.05) is 18.5 Å². The maximum atomic E-state index is 10.4. The number of phenolic OH excluding ortho intramolecular Hbond substituents is 1. The second-order valence-corrected chi connectivity index (χ2v) is 10.5. The van der Waals surface area contributed by atoms with Crippen molar-refractivity contribution in [3.05, 3.63) is 76.3 Å². The zero-order chi connectivity index (χ0) is 27.4. The van der Waals surface area contributed by atoms with Crippen molar-refractivity contribution in [2.24, 2.45) is 5.73 Å². The van der Waals surface area contributed by atoms with Gasteiger partial charge in [-0.3, -0.25) is 5.41 Å². The second kappa shape index (κ2) is 12.5. The van der Waals surface area contributed by atoms with Crippen molar-refractivity contribution in [3.63, 3.8) is 0 Å². The van der Waals surface area contributed by atoms with E-state index in [2.05, 4.69) is 31.3 Å². The first kappa shape index (κ1) is 30.0. The molecule has 1 heterocycles. The van der Waals surface area contributed by atoms with E-state index >= 15 is 0 Å². The largest absolute Gasteiger partial charge is 0.507 e. The van der Waals surface area contributed by atoms with Crippen molar-refractivity contribution in [1.29, 1.82) is 5.41 Å². The lowest BCUT2D eigenvalue weighted by Crippen LogP contribution is -2.38. The number of halogens is 1. The highest BCUT2D eigenvalue weighted by molar-refractivity contribution is 5.89. The molecule has 8 heteroatoms. The van der Waals surface area contributed by atoms with Crippen LogP contribution in [0.4, 0.5) is 5.69 Å². The fraction of sp³-hybridized carbons (Fsp3) is 0.387. The van der Waals surface area contributed by atoms with Gasteiger partial charge in [-0.05, 0) is 99.2 Å². The number of hydrogen-bond acceptors (Lipinski definition) is 5. The normalized spacial score (nSPS) is 16.7. The first-order chi connectivity index (χ1) is 18.1. The predicted octanol–water partition coefficient (Wildman–Crippen LogP) is 6.78. The Hall–Kier alpha value is -3.58. The molecule has 0 bridgehead atoms. The number of guanidine groups is 1.